The molecule has 0 radical (unpaired) electrons. The first-order valence-electron chi connectivity index (χ1n) is 3.94. The Kier molecular flexibility index (Phi) is 3.20. The molecule has 1 rings (SSSR count). The van der Waals surface area contributed by atoms with Gasteiger partial charge in [-0.2, -0.15) is 13.2 Å². The fraction of sp³-hybridized carbons (Fsp3) is 0.375. The maximum atomic E-state index is 12.4. The van der Waals surface area contributed by atoms with Crippen LogP contribution in [0.3, 0.4) is 0 Å². The van der Waals surface area contributed by atoms with Crippen molar-refractivity contribution in [2.75, 3.05) is 7.11 Å². The number of aromatic amines is 1. The molecular formula is C8H6F5NO2. The number of aromatic nitrogens is 1. The fourth-order valence-electron chi connectivity index (χ4n) is 1.06. The lowest BCUT2D eigenvalue weighted by Crippen LogP contribution is -2.19. The first kappa shape index (κ1) is 12.5. The van der Waals surface area contributed by atoms with E-state index in [0.717, 1.165) is 7.11 Å². The minimum atomic E-state index is -4.88. The lowest BCUT2D eigenvalue weighted by Gasteiger charge is -2.12. The van der Waals surface area contributed by atoms with Crippen molar-refractivity contribution in [3.8, 4) is 5.88 Å². The van der Waals surface area contributed by atoms with E-state index in [0.29, 0.717) is 0 Å². The van der Waals surface area contributed by atoms with Gasteiger partial charge in [-0.25, -0.2) is 8.78 Å². The van der Waals surface area contributed by atoms with E-state index >= 15 is 0 Å². The second-order valence-corrected chi connectivity index (χ2v) is 2.80. The third kappa shape index (κ3) is 2.31. The summed E-state index contributed by atoms with van der Waals surface area (Å²) in [6.07, 6.45) is -8.16. The normalized spacial score (nSPS) is 11.9. The number of nitrogens with one attached hydrogen (secondary N) is 1. The number of H-pyrrole nitrogens is 1. The van der Waals surface area contributed by atoms with E-state index in [2.05, 4.69) is 4.74 Å². The van der Waals surface area contributed by atoms with Crippen molar-refractivity contribution >= 4 is 0 Å². The molecule has 0 aliphatic carbocycles. The SMILES string of the molecule is COc1[nH]c(=O)c(C(F)F)cc1C(F)(F)F. The van der Waals surface area contributed by atoms with Crippen molar-refractivity contribution in [1.29, 1.82) is 0 Å². The van der Waals surface area contributed by atoms with Gasteiger partial charge in [-0.1, -0.05) is 0 Å². The Morgan fingerprint density at radius 1 is 1.38 bits per heavy atom. The summed E-state index contributed by atoms with van der Waals surface area (Å²) in [5, 5.41) is 0. The van der Waals surface area contributed by atoms with Crippen LogP contribution in [0.25, 0.3) is 0 Å². The Bertz CT molecular complexity index is 437. The molecule has 1 aromatic heterocycles. The van der Waals surface area contributed by atoms with Crippen molar-refractivity contribution in [3.63, 3.8) is 0 Å². The van der Waals surface area contributed by atoms with Crippen molar-refractivity contribution < 1.29 is 26.7 Å². The van der Waals surface area contributed by atoms with Gasteiger partial charge in [0.2, 0.25) is 5.88 Å². The second kappa shape index (κ2) is 4.11. The molecule has 0 bridgehead atoms. The standard InChI is InChI=1S/C8H6F5NO2/c1-16-7-4(8(11,12)13)2-3(5(9)10)6(15)14-7/h2,5H,1H3,(H,14,15). The van der Waals surface area contributed by atoms with Gasteiger partial charge < -0.3 is 4.74 Å². The van der Waals surface area contributed by atoms with E-state index < -0.39 is 35.2 Å². The number of halogens is 5. The number of ether oxygens (including phenoxy) is 1. The summed E-state index contributed by atoms with van der Waals surface area (Å²) < 4.78 is 65.8. The van der Waals surface area contributed by atoms with Crippen molar-refractivity contribution in [1.82, 2.24) is 4.98 Å². The van der Waals surface area contributed by atoms with Gasteiger partial charge in [-0.15, -0.1) is 0 Å². The zero-order valence-corrected chi connectivity index (χ0v) is 7.86. The molecule has 0 spiro atoms. The van der Waals surface area contributed by atoms with Gasteiger partial charge in [0, 0.05) is 0 Å². The number of hydrogen-bond donors (Lipinski definition) is 1. The molecule has 0 fully saturated rings. The lowest BCUT2D eigenvalue weighted by molar-refractivity contribution is -0.139. The number of methoxy groups -OCH3 is 1. The number of alkyl halides is 5. The predicted octanol–water partition coefficient (Wildman–Crippen LogP) is 2.34. The van der Waals surface area contributed by atoms with Gasteiger partial charge in [0.25, 0.3) is 12.0 Å². The largest absolute Gasteiger partial charge is 0.482 e. The maximum absolute atomic E-state index is 12.4. The molecule has 0 aliphatic rings. The van der Waals surface area contributed by atoms with Crippen LogP contribution in [0.2, 0.25) is 0 Å². The molecule has 0 saturated carbocycles. The van der Waals surface area contributed by atoms with Gasteiger partial charge in [0.05, 0.1) is 12.7 Å². The molecule has 8 heteroatoms. The van der Waals surface area contributed by atoms with E-state index in [-0.39, 0.29) is 6.07 Å². The van der Waals surface area contributed by atoms with Crippen LogP contribution in [0.4, 0.5) is 22.0 Å². The molecule has 0 amide bonds. The second-order valence-electron chi connectivity index (χ2n) is 2.80. The minimum Gasteiger partial charge on any atom is -0.482 e. The van der Waals surface area contributed by atoms with Crippen LogP contribution < -0.4 is 10.3 Å². The summed E-state index contributed by atoms with van der Waals surface area (Å²) in [4.78, 5) is 12.5. The highest BCUT2D eigenvalue weighted by atomic mass is 19.4. The van der Waals surface area contributed by atoms with Gasteiger partial charge in [0.15, 0.2) is 0 Å². The lowest BCUT2D eigenvalue weighted by atomic mass is 10.2. The zero-order chi connectivity index (χ0) is 12.5. The molecule has 1 N–H and O–H groups in total. The monoisotopic (exact) mass is 243 g/mol. The summed E-state index contributed by atoms with van der Waals surface area (Å²) in [5.41, 5.74) is -3.99. The average molecular weight is 243 g/mol. The highest BCUT2D eigenvalue weighted by molar-refractivity contribution is 5.32. The van der Waals surface area contributed by atoms with Gasteiger partial charge >= 0.3 is 6.18 Å². The summed E-state index contributed by atoms with van der Waals surface area (Å²) in [6, 6.07) is 0.0856. The molecule has 0 aromatic carbocycles. The molecule has 16 heavy (non-hydrogen) atoms. The van der Waals surface area contributed by atoms with Crippen molar-refractivity contribution in [2.24, 2.45) is 0 Å². The van der Waals surface area contributed by atoms with Crippen LogP contribution >= 0.6 is 0 Å². The Balaban J connectivity index is 3.47. The Hall–Kier alpha value is -1.60. The Morgan fingerprint density at radius 3 is 2.31 bits per heavy atom. The number of rotatable bonds is 2. The average Bonchev–Trinajstić information content (AvgIpc) is 2.14. The molecule has 3 nitrogen and oxygen atoms in total. The first-order chi connectivity index (χ1) is 7.27. The van der Waals surface area contributed by atoms with Crippen LogP contribution in [-0.2, 0) is 6.18 Å². The Labute approximate surface area is 85.8 Å². The van der Waals surface area contributed by atoms with Crippen molar-refractivity contribution in [2.45, 2.75) is 12.6 Å². The van der Waals surface area contributed by atoms with Crippen LogP contribution in [0.15, 0.2) is 10.9 Å². The summed E-state index contributed by atoms with van der Waals surface area (Å²) in [5.74, 6) is -0.887. The summed E-state index contributed by atoms with van der Waals surface area (Å²) in [7, 11) is 0.891. The van der Waals surface area contributed by atoms with E-state index in [9.17, 15) is 26.7 Å². The van der Waals surface area contributed by atoms with E-state index in [1.807, 2.05) is 0 Å². The van der Waals surface area contributed by atoms with E-state index in [1.165, 1.54) is 0 Å². The van der Waals surface area contributed by atoms with Gasteiger partial charge in [0.1, 0.15) is 5.56 Å². The smallest absolute Gasteiger partial charge is 0.421 e. The minimum absolute atomic E-state index is 0.0856. The maximum Gasteiger partial charge on any atom is 0.421 e. The quantitative estimate of drug-likeness (QED) is 0.810. The van der Waals surface area contributed by atoms with Crippen LogP contribution in [0.5, 0.6) is 5.88 Å². The number of hydrogen-bond acceptors (Lipinski definition) is 2. The molecule has 90 valence electrons. The van der Waals surface area contributed by atoms with Crippen LogP contribution in [0.1, 0.15) is 17.6 Å². The first-order valence-corrected chi connectivity index (χ1v) is 3.94. The van der Waals surface area contributed by atoms with Gasteiger partial charge in [-0.3, -0.25) is 9.78 Å². The summed E-state index contributed by atoms with van der Waals surface area (Å²) >= 11 is 0. The summed E-state index contributed by atoms with van der Waals surface area (Å²) in [6.45, 7) is 0. The van der Waals surface area contributed by atoms with Gasteiger partial charge in [-0.05, 0) is 6.07 Å². The highest BCUT2D eigenvalue weighted by Crippen LogP contribution is 2.35. The highest BCUT2D eigenvalue weighted by Gasteiger charge is 2.36. The Morgan fingerprint density at radius 2 is 1.94 bits per heavy atom. The fourth-order valence-corrected chi connectivity index (χ4v) is 1.06. The van der Waals surface area contributed by atoms with E-state index in [4.69, 9.17) is 0 Å². The van der Waals surface area contributed by atoms with Crippen molar-refractivity contribution in [3.05, 3.63) is 27.5 Å². The third-order valence-electron chi connectivity index (χ3n) is 1.78. The molecule has 1 aromatic rings. The molecule has 1 heterocycles. The molecule has 0 atom stereocenters. The topological polar surface area (TPSA) is 42.1 Å². The molecular weight excluding hydrogens is 237 g/mol. The van der Waals surface area contributed by atoms with E-state index in [1.54, 1.807) is 4.98 Å². The molecule has 0 unspecified atom stereocenters. The third-order valence-corrected chi connectivity index (χ3v) is 1.78. The number of pyridine rings is 1. The van der Waals surface area contributed by atoms with Crippen LogP contribution in [-0.4, -0.2) is 12.1 Å². The molecule has 0 aliphatic heterocycles. The van der Waals surface area contributed by atoms with Crippen LogP contribution in [0, 0.1) is 0 Å². The molecule has 0 saturated heterocycles. The zero-order valence-electron chi connectivity index (χ0n) is 7.86. The predicted molar refractivity (Wildman–Crippen MR) is 43.6 cm³/mol.